The average molecular weight is 323 g/mol. The van der Waals surface area contributed by atoms with Gasteiger partial charge in [0.2, 0.25) is 13.6 Å². The van der Waals surface area contributed by atoms with Gasteiger partial charge in [0, 0.05) is 18.5 Å². The van der Waals surface area contributed by atoms with Crippen LogP contribution in [0.4, 0.5) is 0 Å². The Morgan fingerprint density at radius 3 is 2.08 bits per heavy atom. The molecule has 2 bridgehead atoms. The van der Waals surface area contributed by atoms with E-state index in [2.05, 4.69) is 36.2 Å². The third-order valence-corrected chi connectivity index (χ3v) is 5.74. The fourth-order valence-electron chi connectivity index (χ4n) is 4.56. The summed E-state index contributed by atoms with van der Waals surface area (Å²) in [5.41, 5.74) is 5.43. The van der Waals surface area contributed by atoms with Gasteiger partial charge in [-0.2, -0.15) is 0 Å². The summed E-state index contributed by atoms with van der Waals surface area (Å²) in [5.74, 6) is 3.79. The molecule has 1 aliphatic carbocycles. The summed E-state index contributed by atoms with van der Waals surface area (Å²) in [4.78, 5) is 2.45. The highest BCUT2D eigenvalue weighted by molar-refractivity contribution is 5.59. The zero-order valence-electron chi connectivity index (χ0n) is 13.4. The van der Waals surface area contributed by atoms with Crippen molar-refractivity contribution >= 4 is 0 Å². The van der Waals surface area contributed by atoms with E-state index < -0.39 is 0 Å². The summed E-state index contributed by atoms with van der Waals surface area (Å²) in [6, 6.07) is 9.06. The lowest BCUT2D eigenvalue weighted by molar-refractivity contribution is 0.173. The lowest BCUT2D eigenvalue weighted by Gasteiger charge is -2.36. The Kier molecular flexibility index (Phi) is 2.35. The van der Waals surface area contributed by atoms with E-state index >= 15 is 0 Å². The standard InChI is InChI=1S/C19H17NO4/c1-20-7-14-11-4-17-16(21-8-22-17)3-10(11)2-15(20)13-6-19-18(5-12(13)14)23-9-24-19/h3-6,14-15H,2,7-9H2,1H3/t14-,15+/m1/s1. The Morgan fingerprint density at radius 2 is 1.38 bits per heavy atom. The fourth-order valence-corrected chi connectivity index (χ4v) is 4.56. The lowest BCUT2D eigenvalue weighted by Crippen LogP contribution is -2.33. The molecule has 5 aliphatic rings. The molecule has 0 spiro atoms. The van der Waals surface area contributed by atoms with Crippen molar-refractivity contribution in [1.82, 2.24) is 4.90 Å². The molecule has 0 radical (unpaired) electrons. The molecule has 2 atom stereocenters. The van der Waals surface area contributed by atoms with Crippen LogP contribution in [-0.2, 0) is 6.42 Å². The number of likely N-dealkylation sites (N-methyl/N-ethyl adjacent to an activating group) is 1. The highest BCUT2D eigenvalue weighted by atomic mass is 16.7. The third-order valence-electron chi connectivity index (χ3n) is 5.74. The first-order valence-corrected chi connectivity index (χ1v) is 8.34. The van der Waals surface area contributed by atoms with E-state index in [0.717, 1.165) is 36.0 Å². The number of hydrogen-bond acceptors (Lipinski definition) is 5. The Labute approximate surface area is 139 Å². The van der Waals surface area contributed by atoms with Gasteiger partial charge in [-0.25, -0.2) is 0 Å². The van der Waals surface area contributed by atoms with Crippen LogP contribution >= 0.6 is 0 Å². The van der Waals surface area contributed by atoms with Crippen LogP contribution < -0.4 is 18.9 Å². The molecule has 2 aromatic carbocycles. The average Bonchev–Trinajstić information content (AvgIpc) is 3.17. The van der Waals surface area contributed by atoms with E-state index in [1.54, 1.807) is 0 Å². The number of benzene rings is 2. The molecular weight excluding hydrogens is 306 g/mol. The first-order valence-electron chi connectivity index (χ1n) is 8.34. The topological polar surface area (TPSA) is 40.2 Å². The maximum atomic E-state index is 5.62. The van der Waals surface area contributed by atoms with Gasteiger partial charge in [-0.15, -0.1) is 0 Å². The van der Waals surface area contributed by atoms with Crippen LogP contribution in [0.15, 0.2) is 24.3 Å². The van der Waals surface area contributed by atoms with Crippen molar-refractivity contribution in [1.29, 1.82) is 0 Å². The fraction of sp³-hybridized carbons (Fsp3) is 0.368. The minimum Gasteiger partial charge on any atom is -0.454 e. The van der Waals surface area contributed by atoms with E-state index in [4.69, 9.17) is 18.9 Å². The van der Waals surface area contributed by atoms with Gasteiger partial charge in [-0.05, 0) is 60.0 Å². The highest BCUT2D eigenvalue weighted by Crippen LogP contribution is 2.51. The summed E-state index contributed by atoms with van der Waals surface area (Å²) in [6.45, 7) is 1.64. The number of rotatable bonds is 0. The molecule has 0 saturated carbocycles. The molecule has 5 heteroatoms. The van der Waals surface area contributed by atoms with Crippen LogP contribution in [0.2, 0.25) is 0 Å². The SMILES string of the molecule is CN1C[C@@H]2c3cc4c(cc3C[C@H]1c1cc3c(cc12)OCO3)OCO4. The van der Waals surface area contributed by atoms with E-state index in [0.29, 0.717) is 25.5 Å². The van der Waals surface area contributed by atoms with Gasteiger partial charge in [-0.1, -0.05) is 0 Å². The van der Waals surface area contributed by atoms with Gasteiger partial charge in [0.15, 0.2) is 23.0 Å². The maximum absolute atomic E-state index is 5.62. The smallest absolute Gasteiger partial charge is 0.231 e. The molecule has 24 heavy (non-hydrogen) atoms. The van der Waals surface area contributed by atoms with Crippen molar-refractivity contribution in [3.63, 3.8) is 0 Å². The lowest BCUT2D eigenvalue weighted by atomic mass is 9.84. The first-order chi connectivity index (χ1) is 11.8. The van der Waals surface area contributed by atoms with Gasteiger partial charge in [-0.3, -0.25) is 4.90 Å². The molecule has 7 rings (SSSR count). The normalized spacial score (nSPS) is 25.4. The summed E-state index contributed by atoms with van der Waals surface area (Å²) in [5, 5.41) is 0. The predicted octanol–water partition coefficient (Wildman–Crippen LogP) is 2.82. The third kappa shape index (κ3) is 1.58. The second kappa shape index (κ2) is 4.36. The number of ether oxygens (including phenoxy) is 4. The van der Waals surface area contributed by atoms with Crippen LogP contribution in [0.1, 0.15) is 34.2 Å². The zero-order chi connectivity index (χ0) is 15.8. The molecule has 5 nitrogen and oxygen atoms in total. The molecule has 0 fully saturated rings. The number of hydrogen-bond donors (Lipinski definition) is 0. The summed E-state index contributed by atoms with van der Waals surface area (Å²) >= 11 is 0. The monoisotopic (exact) mass is 323 g/mol. The molecular formula is C19H17NO4. The van der Waals surface area contributed by atoms with Crippen LogP contribution in [0.25, 0.3) is 0 Å². The van der Waals surface area contributed by atoms with Crippen molar-refractivity contribution < 1.29 is 18.9 Å². The maximum Gasteiger partial charge on any atom is 0.231 e. The highest BCUT2D eigenvalue weighted by Gasteiger charge is 2.39. The van der Waals surface area contributed by atoms with Gasteiger partial charge in [0.05, 0.1) is 0 Å². The molecule has 4 aliphatic heterocycles. The van der Waals surface area contributed by atoms with E-state index in [1.165, 1.54) is 22.3 Å². The number of nitrogens with zero attached hydrogens (tertiary/aromatic N) is 1. The van der Waals surface area contributed by atoms with Gasteiger partial charge in [0.1, 0.15) is 0 Å². The molecule has 0 N–H and O–H groups in total. The Bertz CT molecular complexity index is 878. The van der Waals surface area contributed by atoms with E-state index in [-0.39, 0.29) is 0 Å². The molecule has 2 aromatic rings. The molecule has 4 heterocycles. The minimum atomic E-state index is 0.318. The van der Waals surface area contributed by atoms with Crippen molar-refractivity contribution in [3.8, 4) is 23.0 Å². The predicted molar refractivity (Wildman–Crippen MR) is 86.0 cm³/mol. The van der Waals surface area contributed by atoms with E-state index in [1.807, 2.05) is 0 Å². The van der Waals surface area contributed by atoms with Crippen LogP contribution in [0.3, 0.4) is 0 Å². The molecule has 0 amide bonds. The second-order valence-electron chi connectivity index (χ2n) is 6.95. The minimum absolute atomic E-state index is 0.318. The van der Waals surface area contributed by atoms with Crippen molar-refractivity contribution in [3.05, 3.63) is 46.5 Å². The largest absolute Gasteiger partial charge is 0.454 e. The quantitative estimate of drug-likeness (QED) is 0.745. The zero-order valence-corrected chi connectivity index (χ0v) is 13.4. The summed E-state index contributed by atoms with van der Waals surface area (Å²) in [7, 11) is 2.21. The summed E-state index contributed by atoms with van der Waals surface area (Å²) in [6.07, 6.45) is 0.978. The molecule has 0 aromatic heterocycles. The van der Waals surface area contributed by atoms with Gasteiger partial charge >= 0.3 is 0 Å². The first kappa shape index (κ1) is 13.0. The van der Waals surface area contributed by atoms with Gasteiger partial charge in [0.25, 0.3) is 0 Å². The Hall–Kier alpha value is -2.40. The van der Waals surface area contributed by atoms with Crippen LogP contribution in [0, 0.1) is 0 Å². The van der Waals surface area contributed by atoms with Crippen LogP contribution in [-0.4, -0.2) is 32.1 Å². The van der Waals surface area contributed by atoms with Crippen molar-refractivity contribution in [2.75, 3.05) is 27.2 Å². The van der Waals surface area contributed by atoms with Crippen molar-refractivity contribution in [2.24, 2.45) is 0 Å². The Balaban J connectivity index is 1.59. The van der Waals surface area contributed by atoms with Crippen molar-refractivity contribution in [2.45, 2.75) is 18.4 Å². The number of fused-ring (bicyclic) bond motifs is 3. The summed E-state index contributed by atoms with van der Waals surface area (Å²) < 4.78 is 22.4. The molecule has 122 valence electrons. The second-order valence-corrected chi connectivity index (χ2v) is 6.95. The van der Waals surface area contributed by atoms with Crippen LogP contribution in [0.5, 0.6) is 23.0 Å². The van der Waals surface area contributed by atoms with Gasteiger partial charge < -0.3 is 18.9 Å². The van der Waals surface area contributed by atoms with E-state index in [9.17, 15) is 0 Å². The molecule has 0 saturated heterocycles. The molecule has 0 unspecified atom stereocenters. The Morgan fingerprint density at radius 1 is 0.792 bits per heavy atom.